The van der Waals surface area contributed by atoms with Gasteiger partial charge in [-0.15, -0.1) is 12.4 Å². The van der Waals surface area contributed by atoms with Crippen molar-refractivity contribution in [2.45, 2.75) is 31.7 Å². The molecule has 0 spiro atoms. The zero-order valence-corrected chi connectivity index (χ0v) is 16.0. The quantitative estimate of drug-likeness (QED) is 0.837. The Kier molecular flexibility index (Phi) is 8.06. The highest BCUT2D eigenvalue weighted by molar-refractivity contribution is 7.99. The van der Waals surface area contributed by atoms with Gasteiger partial charge < -0.3 is 15.5 Å². The average Bonchev–Trinajstić information content (AvgIpc) is 2.65. The lowest BCUT2D eigenvalue weighted by atomic mass is 10.0. The van der Waals surface area contributed by atoms with E-state index in [0.29, 0.717) is 6.42 Å². The first-order valence-electron chi connectivity index (χ1n) is 8.71. The van der Waals surface area contributed by atoms with Gasteiger partial charge in [0.1, 0.15) is 0 Å². The summed E-state index contributed by atoms with van der Waals surface area (Å²) >= 11 is 1.90. The van der Waals surface area contributed by atoms with Gasteiger partial charge >= 0.3 is 0 Å². The van der Waals surface area contributed by atoms with Crippen LogP contribution in [-0.4, -0.2) is 53.9 Å². The number of nitrogens with zero attached hydrogens (tertiary/aromatic N) is 1. The molecule has 25 heavy (non-hydrogen) atoms. The van der Waals surface area contributed by atoms with Crippen LogP contribution in [0.1, 0.15) is 24.8 Å². The second-order valence-electron chi connectivity index (χ2n) is 6.36. The molecule has 2 aliphatic rings. The van der Waals surface area contributed by atoms with Gasteiger partial charge in [0.25, 0.3) is 0 Å². The summed E-state index contributed by atoms with van der Waals surface area (Å²) in [4.78, 5) is 26.4. The molecule has 2 amide bonds. The Morgan fingerprint density at radius 1 is 1.16 bits per heavy atom. The predicted molar refractivity (Wildman–Crippen MR) is 106 cm³/mol. The van der Waals surface area contributed by atoms with Crippen molar-refractivity contribution in [3.05, 3.63) is 29.8 Å². The summed E-state index contributed by atoms with van der Waals surface area (Å²) in [7, 11) is 0. The number of nitrogens with one attached hydrogen (secondary N) is 2. The minimum absolute atomic E-state index is 0. The fourth-order valence-corrected chi connectivity index (χ4v) is 4.01. The van der Waals surface area contributed by atoms with Gasteiger partial charge in [-0.3, -0.25) is 9.59 Å². The maximum atomic E-state index is 12.3. The summed E-state index contributed by atoms with van der Waals surface area (Å²) in [6.07, 6.45) is 3.57. The van der Waals surface area contributed by atoms with Crippen molar-refractivity contribution in [2.75, 3.05) is 36.5 Å². The van der Waals surface area contributed by atoms with Crippen molar-refractivity contribution in [3.63, 3.8) is 0 Å². The molecule has 0 saturated carbocycles. The zero-order valence-electron chi connectivity index (χ0n) is 14.3. The second kappa shape index (κ2) is 10.0. The van der Waals surface area contributed by atoms with Crippen LogP contribution in [0.5, 0.6) is 0 Å². The SMILES string of the molecule is Cl.O=C(Nc1ccc(CC(=O)N2CCSCC2)cc1)C1CCCCN1. The van der Waals surface area contributed by atoms with Crippen molar-refractivity contribution in [1.29, 1.82) is 0 Å². The molecule has 7 heteroatoms. The van der Waals surface area contributed by atoms with Crippen molar-refractivity contribution in [3.8, 4) is 0 Å². The van der Waals surface area contributed by atoms with Crippen LogP contribution in [0, 0.1) is 0 Å². The maximum absolute atomic E-state index is 12.3. The van der Waals surface area contributed by atoms with E-state index in [2.05, 4.69) is 10.6 Å². The third-order valence-corrected chi connectivity index (χ3v) is 5.51. The summed E-state index contributed by atoms with van der Waals surface area (Å²) < 4.78 is 0. The summed E-state index contributed by atoms with van der Waals surface area (Å²) in [5.74, 6) is 2.29. The number of anilines is 1. The van der Waals surface area contributed by atoms with Crippen molar-refractivity contribution in [1.82, 2.24) is 10.2 Å². The highest BCUT2D eigenvalue weighted by Crippen LogP contribution is 2.15. The zero-order chi connectivity index (χ0) is 16.8. The number of hydrogen-bond donors (Lipinski definition) is 2. The summed E-state index contributed by atoms with van der Waals surface area (Å²) in [6.45, 7) is 2.62. The van der Waals surface area contributed by atoms with Crippen LogP contribution in [0.15, 0.2) is 24.3 Å². The minimum atomic E-state index is -0.0861. The Labute approximate surface area is 159 Å². The van der Waals surface area contributed by atoms with E-state index in [9.17, 15) is 9.59 Å². The number of halogens is 1. The van der Waals surface area contributed by atoms with Crippen molar-refractivity contribution < 1.29 is 9.59 Å². The highest BCUT2D eigenvalue weighted by atomic mass is 35.5. The van der Waals surface area contributed by atoms with Crippen LogP contribution in [0.4, 0.5) is 5.69 Å². The molecule has 0 aromatic heterocycles. The minimum Gasteiger partial charge on any atom is -0.341 e. The second-order valence-corrected chi connectivity index (χ2v) is 7.58. The van der Waals surface area contributed by atoms with E-state index in [4.69, 9.17) is 0 Å². The van der Waals surface area contributed by atoms with Crippen LogP contribution < -0.4 is 10.6 Å². The first kappa shape index (κ1) is 20.1. The molecule has 2 heterocycles. The average molecular weight is 384 g/mol. The van der Waals surface area contributed by atoms with Gasteiger partial charge in [0, 0.05) is 30.3 Å². The Morgan fingerprint density at radius 2 is 1.88 bits per heavy atom. The van der Waals surface area contributed by atoms with Crippen LogP contribution >= 0.6 is 24.2 Å². The van der Waals surface area contributed by atoms with Crippen molar-refractivity contribution in [2.24, 2.45) is 0 Å². The molecule has 1 atom stereocenters. The number of hydrogen-bond acceptors (Lipinski definition) is 4. The lowest BCUT2D eigenvalue weighted by Crippen LogP contribution is -2.43. The third-order valence-electron chi connectivity index (χ3n) is 4.57. The monoisotopic (exact) mass is 383 g/mol. The number of rotatable bonds is 4. The summed E-state index contributed by atoms with van der Waals surface area (Å²) in [5.41, 5.74) is 1.78. The molecule has 1 unspecified atom stereocenters. The number of thioether (sulfide) groups is 1. The smallest absolute Gasteiger partial charge is 0.241 e. The number of carbonyl (C=O) groups is 2. The highest BCUT2D eigenvalue weighted by Gasteiger charge is 2.20. The summed E-state index contributed by atoms with van der Waals surface area (Å²) in [6, 6.07) is 7.54. The third kappa shape index (κ3) is 5.90. The largest absolute Gasteiger partial charge is 0.341 e. The molecule has 2 fully saturated rings. The summed E-state index contributed by atoms with van der Waals surface area (Å²) in [5, 5.41) is 6.21. The molecule has 0 aliphatic carbocycles. The van der Waals surface area contributed by atoms with Crippen molar-refractivity contribution >= 4 is 41.7 Å². The lowest BCUT2D eigenvalue weighted by Gasteiger charge is -2.26. The molecule has 1 aromatic rings. The molecule has 2 saturated heterocycles. The van der Waals surface area contributed by atoms with Gasteiger partial charge in [0.05, 0.1) is 12.5 Å². The van der Waals surface area contributed by atoms with Crippen LogP contribution in [-0.2, 0) is 16.0 Å². The van der Waals surface area contributed by atoms with Gasteiger partial charge in [-0.1, -0.05) is 18.6 Å². The van der Waals surface area contributed by atoms with Gasteiger partial charge in [0.2, 0.25) is 11.8 Å². The Morgan fingerprint density at radius 3 is 2.52 bits per heavy atom. The standard InChI is InChI=1S/C18H25N3O2S.ClH/c22-17(21-9-11-24-12-10-21)13-14-4-6-15(7-5-14)20-18(23)16-3-1-2-8-19-16;/h4-7,16,19H,1-3,8-13H2,(H,20,23);1H. The van der Waals surface area contributed by atoms with E-state index < -0.39 is 0 Å². The number of benzene rings is 1. The van der Waals surface area contributed by atoms with Crippen LogP contribution in [0.25, 0.3) is 0 Å². The number of piperidine rings is 1. The molecule has 2 aliphatic heterocycles. The molecule has 3 rings (SSSR count). The topological polar surface area (TPSA) is 61.4 Å². The van der Waals surface area contributed by atoms with E-state index in [1.807, 2.05) is 40.9 Å². The molecule has 2 N–H and O–H groups in total. The first-order valence-corrected chi connectivity index (χ1v) is 9.86. The Balaban J connectivity index is 0.00000225. The molecule has 0 radical (unpaired) electrons. The van der Waals surface area contributed by atoms with E-state index in [1.54, 1.807) is 0 Å². The maximum Gasteiger partial charge on any atom is 0.241 e. The Bertz CT molecular complexity index is 519. The van der Waals surface area contributed by atoms with Crippen LogP contribution in [0.3, 0.4) is 0 Å². The van der Waals surface area contributed by atoms with Gasteiger partial charge in [-0.05, 0) is 37.1 Å². The number of carbonyl (C=O) groups excluding carboxylic acids is 2. The molecular formula is C18H26ClN3O2S. The Hall–Kier alpha value is -1.24. The van der Waals surface area contributed by atoms with E-state index in [1.165, 1.54) is 0 Å². The van der Waals surface area contributed by atoms with E-state index in [-0.39, 0.29) is 30.3 Å². The normalized spacial score (nSPS) is 20.5. The molecule has 5 nitrogen and oxygen atoms in total. The van der Waals surface area contributed by atoms with Gasteiger partial charge in [-0.25, -0.2) is 0 Å². The van der Waals surface area contributed by atoms with Gasteiger partial charge in [-0.2, -0.15) is 11.8 Å². The van der Waals surface area contributed by atoms with E-state index >= 15 is 0 Å². The first-order chi connectivity index (χ1) is 11.7. The molecule has 1 aromatic carbocycles. The van der Waals surface area contributed by atoms with Crippen LogP contribution in [0.2, 0.25) is 0 Å². The lowest BCUT2D eigenvalue weighted by molar-refractivity contribution is -0.130. The predicted octanol–water partition coefficient (Wildman–Crippen LogP) is 2.31. The molecule has 0 bridgehead atoms. The number of amides is 2. The fraction of sp³-hybridized carbons (Fsp3) is 0.556. The fourth-order valence-electron chi connectivity index (χ4n) is 3.11. The molecule has 138 valence electrons. The van der Waals surface area contributed by atoms with Gasteiger partial charge in [0.15, 0.2) is 0 Å². The molecular weight excluding hydrogens is 358 g/mol. The van der Waals surface area contributed by atoms with E-state index in [0.717, 1.165) is 61.7 Å².